The number of rotatable bonds is 9. The second-order valence-corrected chi connectivity index (χ2v) is 6.72. The van der Waals surface area contributed by atoms with Crippen molar-refractivity contribution in [3.8, 4) is 5.75 Å². The van der Waals surface area contributed by atoms with Crippen LogP contribution in [0.1, 0.15) is 16.3 Å². The number of hydrogen-bond donors (Lipinski definition) is 1. The Morgan fingerprint density at radius 1 is 1.31 bits per heavy atom. The van der Waals surface area contributed by atoms with Crippen molar-refractivity contribution in [2.45, 2.75) is 18.3 Å². The van der Waals surface area contributed by atoms with Gasteiger partial charge in [-0.15, -0.1) is 16.8 Å². The summed E-state index contributed by atoms with van der Waals surface area (Å²) in [6.45, 7) is 4.56. The van der Waals surface area contributed by atoms with Crippen molar-refractivity contribution in [1.82, 2.24) is 19.7 Å². The molecule has 0 bridgehead atoms. The Morgan fingerprint density at radius 3 is 2.81 bits per heavy atom. The standard InChI is InChI=1S/C18H17ClN4O2S/c1-2-10-23-17(11-25-14-7-5-13(19)6-8-14)21-22-18(23)26-12-16(24)15-4-3-9-20-15/h2-9,20H,1,10-12H2. The summed E-state index contributed by atoms with van der Waals surface area (Å²) in [6, 6.07) is 10.7. The Hall–Kier alpha value is -2.51. The van der Waals surface area contributed by atoms with Crippen LogP contribution in [-0.2, 0) is 13.2 Å². The fraction of sp³-hybridized carbons (Fsp3) is 0.167. The minimum absolute atomic E-state index is 0.00659. The number of benzene rings is 1. The lowest BCUT2D eigenvalue weighted by Gasteiger charge is -2.09. The topological polar surface area (TPSA) is 72.8 Å². The van der Waals surface area contributed by atoms with Gasteiger partial charge in [0.1, 0.15) is 12.4 Å². The second-order valence-electron chi connectivity index (χ2n) is 5.34. The molecule has 0 amide bonds. The summed E-state index contributed by atoms with van der Waals surface area (Å²) in [5.74, 6) is 1.63. The molecule has 1 N–H and O–H groups in total. The molecule has 0 aliphatic heterocycles. The Bertz CT molecular complexity index is 875. The largest absolute Gasteiger partial charge is 0.486 e. The molecule has 134 valence electrons. The zero-order valence-electron chi connectivity index (χ0n) is 13.9. The Morgan fingerprint density at radius 2 is 2.12 bits per heavy atom. The number of nitrogens with zero attached hydrogens (tertiary/aromatic N) is 3. The quantitative estimate of drug-likeness (QED) is 0.341. The predicted molar refractivity (Wildman–Crippen MR) is 102 cm³/mol. The van der Waals surface area contributed by atoms with E-state index in [1.54, 1.807) is 48.7 Å². The number of aromatic amines is 1. The number of allylic oxidation sites excluding steroid dienone is 1. The summed E-state index contributed by atoms with van der Waals surface area (Å²) in [6.07, 6.45) is 3.48. The number of ketones is 1. The van der Waals surface area contributed by atoms with Gasteiger partial charge >= 0.3 is 0 Å². The van der Waals surface area contributed by atoms with E-state index in [-0.39, 0.29) is 18.1 Å². The molecule has 26 heavy (non-hydrogen) atoms. The molecule has 0 fully saturated rings. The molecule has 0 radical (unpaired) electrons. The van der Waals surface area contributed by atoms with Crippen LogP contribution < -0.4 is 4.74 Å². The molecular formula is C18H17ClN4O2S. The van der Waals surface area contributed by atoms with Gasteiger partial charge in [0.2, 0.25) is 0 Å². The minimum Gasteiger partial charge on any atom is -0.486 e. The molecule has 8 heteroatoms. The van der Waals surface area contributed by atoms with Crippen molar-refractivity contribution in [3.05, 3.63) is 71.8 Å². The third-order valence-corrected chi connectivity index (χ3v) is 4.74. The highest BCUT2D eigenvalue weighted by atomic mass is 35.5. The maximum absolute atomic E-state index is 12.1. The average Bonchev–Trinajstić information content (AvgIpc) is 3.30. The molecule has 0 unspecified atom stereocenters. The maximum Gasteiger partial charge on any atom is 0.192 e. The highest BCUT2D eigenvalue weighted by Crippen LogP contribution is 2.20. The first kappa shape index (κ1) is 18.3. The lowest BCUT2D eigenvalue weighted by atomic mass is 10.3. The van der Waals surface area contributed by atoms with Gasteiger partial charge in [-0.25, -0.2) is 0 Å². The number of ether oxygens (including phenoxy) is 1. The third-order valence-electron chi connectivity index (χ3n) is 3.52. The summed E-state index contributed by atoms with van der Waals surface area (Å²) in [7, 11) is 0. The number of hydrogen-bond acceptors (Lipinski definition) is 5. The van der Waals surface area contributed by atoms with Crippen molar-refractivity contribution in [3.63, 3.8) is 0 Å². The van der Waals surface area contributed by atoms with Gasteiger partial charge in [0.15, 0.2) is 16.8 Å². The smallest absolute Gasteiger partial charge is 0.192 e. The first-order valence-electron chi connectivity index (χ1n) is 7.88. The lowest BCUT2D eigenvalue weighted by molar-refractivity contribution is 0.101. The Kier molecular flexibility index (Phi) is 6.14. The van der Waals surface area contributed by atoms with Gasteiger partial charge in [0, 0.05) is 17.8 Å². The lowest BCUT2D eigenvalue weighted by Crippen LogP contribution is -2.09. The number of thioether (sulfide) groups is 1. The fourth-order valence-corrected chi connectivity index (χ4v) is 3.21. The number of carbonyl (C=O) groups is 1. The van der Waals surface area contributed by atoms with Crippen molar-refractivity contribution in [1.29, 1.82) is 0 Å². The first-order chi connectivity index (χ1) is 12.7. The average molecular weight is 389 g/mol. The van der Waals surface area contributed by atoms with Crippen molar-refractivity contribution < 1.29 is 9.53 Å². The molecule has 0 aliphatic carbocycles. The van der Waals surface area contributed by atoms with Gasteiger partial charge in [-0.3, -0.25) is 9.36 Å². The number of Topliss-reactive ketones (excluding diaryl/α,β-unsaturated/α-hetero) is 1. The van der Waals surface area contributed by atoms with Crippen LogP contribution in [-0.4, -0.2) is 31.3 Å². The molecule has 0 saturated heterocycles. The second kappa shape index (κ2) is 8.73. The molecule has 0 spiro atoms. The number of H-pyrrole nitrogens is 1. The molecule has 2 heterocycles. The summed E-state index contributed by atoms with van der Waals surface area (Å²) < 4.78 is 7.62. The van der Waals surface area contributed by atoms with E-state index in [0.717, 1.165) is 0 Å². The van der Waals surface area contributed by atoms with E-state index in [1.165, 1.54) is 11.8 Å². The van der Waals surface area contributed by atoms with Crippen LogP contribution in [0, 0.1) is 0 Å². The molecule has 0 atom stereocenters. The predicted octanol–water partition coefficient (Wildman–Crippen LogP) is 4.00. The molecule has 3 aromatic rings. The van der Waals surface area contributed by atoms with Crippen molar-refractivity contribution in [2.75, 3.05) is 5.75 Å². The molecule has 2 aromatic heterocycles. The van der Waals surface area contributed by atoms with E-state index in [0.29, 0.717) is 34.0 Å². The van der Waals surface area contributed by atoms with E-state index in [9.17, 15) is 4.79 Å². The van der Waals surface area contributed by atoms with Crippen LogP contribution in [0.25, 0.3) is 0 Å². The molecule has 0 aliphatic rings. The zero-order chi connectivity index (χ0) is 18.4. The van der Waals surface area contributed by atoms with E-state index in [4.69, 9.17) is 16.3 Å². The van der Waals surface area contributed by atoms with Crippen LogP contribution in [0.5, 0.6) is 5.75 Å². The first-order valence-corrected chi connectivity index (χ1v) is 9.24. The van der Waals surface area contributed by atoms with E-state index in [2.05, 4.69) is 21.8 Å². The van der Waals surface area contributed by atoms with Crippen LogP contribution in [0.15, 0.2) is 60.4 Å². The zero-order valence-corrected chi connectivity index (χ0v) is 15.5. The van der Waals surface area contributed by atoms with Gasteiger partial charge in [0.05, 0.1) is 11.4 Å². The van der Waals surface area contributed by atoms with E-state index < -0.39 is 0 Å². The van der Waals surface area contributed by atoms with Crippen LogP contribution in [0.4, 0.5) is 0 Å². The van der Waals surface area contributed by atoms with E-state index in [1.807, 2.05) is 4.57 Å². The summed E-state index contributed by atoms with van der Waals surface area (Å²) in [5, 5.41) is 9.66. The molecule has 0 saturated carbocycles. The van der Waals surface area contributed by atoms with Gasteiger partial charge < -0.3 is 9.72 Å². The van der Waals surface area contributed by atoms with Gasteiger partial charge in [0.25, 0.3) is 0 Å². The third kappa shape index (κ3) is 4.56. The fourth-order valence-electron chi connectivity index (χ4n) is 2.24. The minimum atomic E-state index is 0.00659. The molecule has 1 aromatic carbocycles. The van der Waals surface area contributed by atoms with Crippen molar-refractivity contribution >= 4 is 29.1 Å². The van der Waals surface area contributed by atoms with Gasteiger partial charge in [-0.05, 0) is 36.4 Å². The van der Waals surface area contributed by atoms with E-state index >= 15 is 0 Å². The van der Waals surface area contributed by atoms with Crippen LogP contribution >= 0.6 is 23.4 Å². The molecular weight excluding hydrogens is 372 g/mol. The maximum atomic E-state index is 12.1. The van der Waals surface area contributed by atoms with Gasteiger partial charge in [-0.2, -0.15) is 0 Å². The number of aromatic nitrogens is 4. The normalized spacial score (nSPS) is 10.7. The van der Waals surface area contributed by atoms with Gasteiger partial charge in [-0.1, -0.05) is 29.4 Å². The monoisotopic (exact) mass is 388 g/mol. The number of nitrogens with one attached hydrogen (secondary N) is 1. The van der Waals surface area contributed by atoms with Crippen LogP contribution in [0.2, 0.25) is 5.02 Å². The SMILES string of the molecule is C=CCn1c(COc2ccc(Cl)cc2)nnc1SCC(=O)c1ccc[nH]1. The molecule has 6 nitrogen and oxygen atoms in total. The number of halogens is 1. The van der Waals surface area contributed by atoms with Crippen molar-refractivity contribution in [2.24, 2.45) is 0 Å². The highest BCUT2D eigenvalue weighted by Gasteiger charge is 2.15. The highest BCUT2D eigenvalue weighted by molar-refractivity contribution is 7.99. The summed E-state index contributed by atoms with van der Waals surface area (Å²) in [5.41, 5.74) is 0.582. The van der Waals surface area contributed by atoms with Crippen LogP contribution in [0.3, 0.4) is 0 Å². The molecule has 3 rings (SSSR count). The summed E-state index contributed by atoms with van der Waals surface area (Å²) >= 11 is 7.21. The number of carbonyl (C=O) groups excluding carboxylic acids is 1. The Labute approximate surface area is 160 Å². The Balaban J connectivity index is 1.66. The summed E-state index contributed by atoms with van der Waals surface area (Å²) in [4.78, 5) is 15.0.